The van der Waals surface area contributed by atoms with Gasteiger partial charge in [-0.1, -0.05) is 0 Å². The molecule has 0 amide bonds. The lowest BCUT2D eigenvalue weighted by molar-refractivity contribution is 0.0693. The SMILES string of the molecule is Cc1nn2c(Br)nc(C(=O)O)c2c(=O)[nH]1. The number of rotatable bonds is 1. The maximum atomic E-state index is 11.5. The number of halogens is 1. The molecule has 0 radical (unpaired) electrons. The number of carboxylic acid groups (broad SMARTS) is 1. The maximum Gasteiger partial charge on any atom is 0.357 e. The first-order chi connectivity index (χ1) is 7.00. The monoisotopic (exact) mass is 272 g/mol. The van der Waals surface area contributed by atoms with Crippen LogP contribution in [0.2, 0.25) is 0 Å². The molecule has 78 valence electrons. The molecule has 0 spiro atoms. The van der Waals surface area contributed by atoms with Crippen LogP contribution in [0.1, 0.15) is 16.3 Å². The molecule has 2 heterocycles. The first kappa shape index (κ1) is 9.84. The Balaban J connectivity index is 3.00. The van der Waals surface area contributed by atoms with E-state index >= 15 is 0 Å². The molecule has 0 aromatic carbocycles. The van der Waals surface area contributed by atoms with E-state index in [2.05, 4.69) is 31.0 Å². The van der Waals surface area contributed by atoms with Crippen LogP contribution in [-0.4, -0.2) is 30.7 Å². The number of aromatic nitrogens is 4. The van der Waals surface area contributed by atoms with Gasteiger partial charge in [0.25, 0.3) is 5.56 Å². The second kappa shape index (κ2) is 3.16. The zero-order chi connectivity index (χ0) is 11.2. The highest BCUT2D eigenvalue weighted by atomic mass is 79.9. The number of hydrogen-bond donors (Lipinski definition) is 2. The molecule has 2 aromatic rings. The van der Waals surface area contributed by atoms with Crippen LogP contribution in [0.4, 0.5) is 0 Å². The van der Waals surface area contributed by atoms with Gasteiger partial charge in [-0.15, -0.1) is 0 Å². The lowest BCUT2D eigenvalue weighted by Gasteiger charge is -1.95. The van der Waals surface area contributed by atoms with E-state index in [9.17, 15) is 9.59 Å². The van der Waals surface area contributed by atoms with Gasteiger partial charge < -0.3 is 10.1 Å². The molecule has 2 rings (SSSR count). The fraction of sp³-hybridized carbons (Fsp3) is 0.143. The molecular weight excluding hydrogens is 268 g/mol. The summed E-state index contributed by atoms with van der Waals surface area (Å²) < 4.78 is 1.33. The Morgan fingerprint density at radius 2 is 2.27 bits per heavy atom. The minimum atomic E-state index is -1.27. The standard InChI is InChI=1S/C7H5BrN4O3/c1-2-9-5(13)4-3(6(14)15)10-7(8)12(4)11-2/h1H3,(H,14,15)(H,9,11,13). The third-order valence-electron chi connectivity index (χ3n) is 1.78. The van der Waals surface area contributed by atoms with Crippen LogP contribution in [-0.2, 0) is 0 Å². The molecule has 0 aliphatic rings. The van der Waals surface area contributed by atoms with Gasteiger partial charge in [0.05, 0.1) is 0 Å². The predicted molar refractivity (Wildman–Crippen MR) is 53.0 cm³/mol. The number of nitrogens with one attached hydrogen (secondary N) is 1. The average Bonchev–Trinajstić information content (AvgIpc) is 2.44. The number of aromatic amines is 1. The fourth-order valence-electron chi connectivity index (χ4n) is 1.23. The summed E-state index contributed by atoms with van der Waals surface area (Å²) in [6.07, 6.45) is 0. The van der Waals surface area contributed by atoms with Gasteiger partial charge in [-0.25, -0.2) is 9.78 Å². The van der Waals surface area contributed by atoms with Crippen molar-refractivity contribution in [2.75, 3.05) is 0 Å². The summed E-state index contributed by atoms with van der Waals surface area (Å²) in [5.74, 6) is -0.892. The van der Waals surface area contributed by atoms with Crippen molar-refractivity contribution >= 4 is 27.4 Å². The van der Waals surface area contributed by atoms with Crippen LogP contribution in [0.25, 0.3) is 5.52 Å². The topological polar surface area (TPSA) is 100 Å². The van der Waals surface area contributed by atoms with E-state index < -0.39 is 11.5 Å². The number of imidazole rings is 1. The van der Waals surface area contributed by atoms with Crippen LogP contribution in [0.5, 0.6) is 0 Å². The molecule has 15 heavy (non-hydrogen) atoms. The number of nitrogens with zero attached hydrogens (tertiary/aromatic N) is 3. The Hall–Kier alpha value is -1.70. The van der Waals surface area contributed by atoms with Gasteiger partial charge in [0, 0.05) is 0 Å². The summed E-state index contributed by atoms with van der Waals surface area (Å²) in [5.41, 5.74) is -0.936. The highest BCUT2D eigenvalue weighted by Gasteiger charge is 2.19. The van der Waals surface area contributed by atoms with Gasteiger partial charge >= 0.3 is 5.97 Å². The highest BCUT2D eigenvalue weighted by Crippen LogP contribution is 2.12. The quantitative estimate of drug-likeness (QED) is 0.772. The van der Waals surface area contributed by atoms with Crippen molar-refractivity contribution in [3.63, 3.8) is 0 Å². The summed E-state index contributed by atoms with van der Waals surface area (Å²) in [4.78, 5) is 28.4. The Morgan fingerprint density at radius 1 is 1.60 bits per heavy atom. The van der Waals surface area contributed by atoms with Crippen LogP contribution >= 0.6 is 15.9 Å². The Kier molecular flexibility index (Phi) is 2.07. The van der Waals surface area contributed by atoms with Crippen molar-refractivity contribution in [1.82, 2.24) is 19.6 Å². The molecule has 0 bridgehead atoms. The lowest BCUT2D eigenvalue weighted by Crippen LogP contribution is -2.16. The van der Waals surface area contributed by atoms with Crippen molar-refractivity contribution in [2.24, 2.45) is 0 Å². The van der Waals surface area contributed by atoms with Crippen molar-refractivity contribution in [1.29, 1.82) is 0 Å². The minimum Gasteiger partial charge on any atom is -0.476 e. The average molecular weight is 273 g/mol. The second-order valence-electron chi connectivity index (χ2n) is 2.83. The van der Waals surface area contributed by atoms with Gasteiger partial charge in [-0.2, -0.15) is 9.61 Å². The summed E-state index contributed by atoms with van der Waals surface area (Å²) >= 11 is 3.03. The van der Waals surface area contributed by atoms with Gasteiger partial charge in [0.15, 0.2) is 15.9 Å². The molecule has 2 aromatic heterocycles. The van der Waals surface area contributed by atoms with Gasteiger partial charge in [-0.05, 0) is 22.9 Å². The lowest BCUT2D eigenvalue weighted by atomic mass is 10.4. The first-order valence-corrected chi connectivity index (χ1v) is 4.68. The van der Waals surface area contributed by atoms with Crippen molar-refractivity contribution < 1.29 is 9.90 Å². The van der Waals surface area contributed by atoms with E-state index in [1.807, 2.05) is 0 Å². The van der Waals surface area contributed by atoms with Crippen LogP contribution < -0.4 is 5.56 Å². The van der Waals surface area contributed by atoms with Crippen molar-refractivity contribution in [3.8, 4) is 0 Å². The third-order valence-corrected chi connectivity index (χ3v) is 2.29. The Morgan fingerprint density at radius 3 is 2.87 bits per heavy atom. The Labute approximate surface area is 90.9 Å². The number of aryl methyl sites for hydroxylation is 1. The molecule has 8 heteroatoms. The molecule has 0 fully saturated rings. The number of hydrogen-bond acceptors (Lipinski definition) is 4. The largest absolute Gasteiger partial charge is 0.476 e. The van der Waals surface area contributed by atoms with Gasteiger partial charge in [0.1, 0.15) is 5.82 Å². The third kappa shape index (κ3) is 1.42. The molecule has 2 N–H and O–H groups in total. The molecule has 0 aliphatic heterocycles. The normalized spacial score (nSPS) is 10.8. The van der Waals surface area contributed by atoms with Crippen molar-refractivity contribution in [2.45, 2.75) is 6.92 Å². The molecule has 0 unspecified atom stereocenters. The number of aromatic carboxylic acids is 1. The van der Waals surface area contributed by atoms with E-state index in [1.54, 1.807) is 6.92 Å². The second-order valence-corrected chi connectivity index (χ2v) is 3.54. The molecule has 7 nitrogen and oxygen atoms in total. The fourth-order valence-corrected chi connectivity index (χ4v) is 1.66. The number of carbonyl (C=O) groups is 1. The van der Waals surface area contributed by atoms with E-state index in [1.165, 1.54) is 0 Å². The number of fused-ring (bicyclic) bond motifs is 1. The van der Waals surface area contributed by atoms with Crippen molar-refractivity contribution in [3.05, 3.63) is 26.6 Å². The highest BCUT2D eigenvalue weighted by molar-refractivity contribution is 9.10. The zero-order valence-electron chi connectivity index (χ0n) is 7.48. The first-order valence-electron chi connectivity index (χ1n) is 3.89. The molecule has 0 saturated carbocycles. The van der Waals surface area contributed by atoms with Crippen LogP contribution in [0.3, 0.4) is 0 Å². The smallest absolute Gasteiger partial charge is 0.357 e. The van der Waals surface area contributed by atoms with Crippen LogP contribution in [0, 0.1) is 6.92 Å². The Bertz CT molecular complexity index is 614. The number of carboxylic acids is 1. The summed E-state index contributed by atoms with van der Waals surface area (Å²) in [6, 6.07) is 0. The van der Waals surface area contributed by atoms with E-state index in [0.29, 0.717) is 5.82 Å². The van der Waals surface area contributed by atoms with Gasteiger partial charge in [-0.3, -0.25) is 4.79 Å². The van der Waals surface area contributed by atoms with E-state index in [4.69, 9.17) is 5.11 Å². The summed E-state index contributed by atoms with van der Waals surface area (Å²) in [7, 11) is 0. The van der Waals surface area contributed by atoms with E-state index in [0.717, 1.165) is 4.52 Å². The summed E-state index contributed by atoms with van der Waals surface area (Å²) in [5, 5.41) is 12.7. The molecular formula is C7H5BrN4O3. The number of H-pyrrole nitrogens is 1. The van der Waals surface area contributed by atoms with E-state index in [-0.39, 0.29) is 15.9 Å². The van der Waals surface area contributed by atoms with Crippen LogP contribution in [0.15, 0.2) is 9.53 Å². The van der Waals surface area contributed by atoms with Gasteiger partial charge in [0.2, 0.25) is 0 Å². The molecule has 0 saturated heterocycles. The molecule has 0 atom stereocenters. The predicted octanol–water partition coefficient (Wildman–Crippen LogP) is 0.187. The maximum absolute atomic E-state index is 11.5. The summed E-state index contributed by atoms with van der Waals surface area (Å²) in [6.45, 7) is 1.59. The zero-order valence-corrected chi connectivity index (χ0v) is 9.07. The molecule has 0 aliphatic carbocycles. The minimum absolute atomic E-state index is 0.0834.